The fourth-order valence-electron chi connectivity index (χ4n) is 3.91. The summed E-state index contributed by atoms with van der Waals surface area (Å²) >= 11 is 0. The Kier molecular flexibility index (Phi) is 5.94. The average Bonchev–Trinajstić information content (AvgIpc) is 3.38. The second kappa shape index (κ2) is 8.95. The number of hydrogen-bond acceptors (Lipinski definition) is 5. The number of rotatable bonds is 8. The summed E-state index contributed by atoms with van der Waals surface area (Å²) in [6.45, 7) is 2.10. The first-order valence-corrected chi connectivity index (χ1v) is 10.3. The third kappa shape index (κ3) is 4.55. The van der Waals surface area contributed by atoms with Crippen molar-refractivity contribution in [3.05, 3.63) is 36.2 Å². The van der Waals surface area contributed by atoms with Crippen LogP contribution in [0.25, 0.3) is 11.0 Å². The first kappa shape index (κ1) is 18.6. The Hall–Kier alpha value is -2.77. The van der Waals surface area contributed by atoms with Gasteiger partial charge in [-0.1, -0.05) is 54.7 Å². The molecule has 1 N–H and O–H groups in total. The highest BCUT2D eigenvalue weighted by Gasteiger charge is 2.15. The molecule has 2 aromatic heterocycles. The summed E-state index contributed by atoms with van der Waals surface area (Å²) in [4.78, 5) is 12.3. The fourth-order valence-corrected chi connectivity index (χ4v) is 3.91. The molecule has 1 saturated carbocycles. The van der Waals surface area contributed by atoms with E-state index < -0.39 is 0 Å². The molecular formula is C20H27N7O. The minimum atomic E-state index is -0.174. The summed E-state index contributed by atoms with van der Waals surface area (Å²) in [5.74, 6) is 0.621. The quantitative estimate of drug-likeness (QED) is 0.606. The van der Waals surface area contributed by atoms with E-state index in [4.69, 9.17) is 0 Å². The summed E-state index contributed by atoms with van der Waals surface area (Å²) in [7, 11) is 0. The van der Waals surface area contributed by atoms with Gasteiger partial charge in [0.05, 0.1) is 11.7 Å². The first-order chi connectivity index (χ1) is 13.8. The number of amides is 1. The van der Waals surface area contributed by atoms with E-state index in [2.05, 4.69) is 25.9 Å². The van der Waals surface area contributed by atoms with Crippen molar-refractivity contribution in [2.75, 3.05) is 6.54 Å². The molecule has 28 heavy (non-hydrogen) atoms. The van der Waals surface area contributed by atoms with Gasteiger partial charge in [0, 0.05) is 19.6 Å². The molecule has 1 aliphatic rings. The highest BCUT2D eigenvalue weighted by atomic mass is 16.2. The molecule has 0 saturated heterocycles. The molecule has 1 aliphatic carbocycles. The zero-order valence-corrected chi connectivity index (χ0v) is 16.1. The third-order valence-electron chi connectivity index (χ3n) is 5.51. The van der Waals surface area contributed by atoms with Gasteiger partial charge in [0.1, 0.15) is 5.52 Å². The number of hydrogen-bond donors (Lipinski definition) is 1. The normalized spacial score (nSPS) is 15.1. The summed E-state index contributed by atoms with van der Waals surface area (Å²) in [6, 6.07) is 7.86. The van der Waals surface area contributed by atoms with Crippen LogP contribution in [0.4, 0.5) is 0 Å². The molecule has 0 unspecified atom stereocenters. The Labute approximate surface area is 164 Å². The van der Waals surface area contributed by atoms with Crippen LogP contribution in [0.15, 0.2) is 30.5 Å². The van der Waals surface area contributed by atoms with Crippen LogP contribution in [0.5, 0.6) is 0 Å². The van der Waals surface area contributed by atoms with Crippen LogP contribution in [-0.2, 0) is 13.1 Å². The molecule has 0 spiro atoms. The largest absolute Gasteiger partial charge is 0.351 e. The van der Waals surface area contributed by atoms with E-state index in [1.807, 2.05) is 28.9 Å². The maximum Gasteiger partial charge on any atom is 0.273 e. The SMILES string of the molecule is O=C(NCCCn1nnc2ccccc21)c1cn(CCC2CCCCC2)nn1. The number of carbonyl (C=O) groups excluding carboxylic acids is 1. The van der Waals surface area contributed by atoms with Crippen molar-refractivity contribution >= 4 is 16.9 Å². The zero-order valence-electron chi connectivity index (χ0n) is 16.1. The molecule has 8 nitrogen and oxygen atoms in total. The van der Waals surface area contributed by atoms with Gasteiger partial charge in [0.15, 0.2) is 5.69 Å². The van der Waals surface area contributed by atoms with Gasteiger partial charge < -0.3 is 5.32 Å². The van der Waals surface area contributed by atoms with Crippen molar-refractivity contribution in [3.8, 4) is 0 Å². The van der Waals surface area contributed by atoms with Gasteiger partial charge in [0.2, 0.25) is 0 Å². The fraction of sp³-hybridized carbons (Fsp3) is 0.550. The Balaban J connectivity index is 1.20. The lowest BCUT2D eigenvalue weighted by Gasteiger charge is -2.20. The van der Waals surface area contributed by atoms with Crippen molar-refractivity contribution in [1.82, 2.24) is 35.3 Å². The lowest BCUT2D eigenvalue weighted by Crippen LogP contribution is -2.25. The Morgan fingerprint density at radius 1 is 1.07 bits per heavy atom. The molecule has 3 aromatic rings. The van der Waals surface area contributed by atoms with Crippen LogP contribution in [-0.4, -0.2) is 42.4 Å². The molecule has 0 radical (unpaired) electrons. The molecule has 0 aliphatic heterocycles. The van der Waals surface area contributed by atoms with E-state index in [1.165, 1.54) is 32.1 Å². The molecule has 2 heterocycles. The first-order valence-electron chi connectivity index (χ1n) is 10.3. The molecule has 8 heteroatoms. The van der Waals surface area contributed by atoms with Crippen molar-refractivity contribution in [2.45, 2.75) is 58.0 Å². The van der Waals surface area contributed by atoms with Crippen LogP contribution in [0.1, 0.15) is 55.4 Å². The van der Waals surface area contributed by atoms with E-state index in [9.17, 15) is 4.79 Å². The van der Waals surface area contributed by atoms with Crippen LogP contribution in [0.2, 0.25) is 0 Å². The molecule has 4 rings (SSSR count). The summed E-state index contributed by atoms with van der Waals surface area (Å²) in [6.07, 6.45) is 10.4. The summed E-state index contributed by atoms with van der Waals surface area (Å²) in [5, 5.41) is 19.3. The molecule has 0 atom stereocenters. The van der Waals surface area contributed by atoms with Gasteiger partial charge in [-0.25, -0.2) is 4.68 Å². The van der Waals surface area contributed by atoms with Crippen molar-refractivity contribution < 1.29 is 4.79 Å². The summed E-state index contributed by atoms with van der Waals surface area (Å²) < 4.78 is 3.66. The number of aromatic nitrogens is 6. The number of aryl methyl sites for hydroxylation is 2. The number of nitrogens with one attached hydrogen (secondary N) is 1. The highest BCUT2D eigenvalue weighted by Crippen LogP contribution is 2.26. The number of benzene rings is 1. The number of carbonyl (C=O) groups is 1. The van der Waals surface area contributed by atoms with Gasteiger partial charge in [-0.05, 0) is 30.9 Å². The topological polar surface area (TPSA) is 90.5 Å². The van der Waals surface area contributed by atoms with Crippen LogP contribution < -0.4 is 5.32 Å². The third-order valence-corrected chi connectivity index (χ3v) is 5.51. The Bertz CT molecular complexity index is 910. The van der Waals surface area contributed by atoms with Crippen LogP contribution in [0.3, 0.4) is 0 Å². The second-order valence-corrected chi connectivity index (χ2v) is 7.57. The van der Waals surface area contributed by atoms with Crippen molar-refractivity contribution in [3.63, 3.8) is 0 Å². The lowest BCUT2D eigenvalue weighted by molar-refractivity contribution is 0.0947. The van der Waals surface area contributed by atoms with Crippen LogP contribution >= 0.6 is 0 Å². The number of para-hydroxylation sites is 1. The molecular weight excluding hydrogens is 354 g/mol. The standard InChI is InChI=1S/C20H27N7O/c28-20(18-15-26(24-23-18)14-11-16-7-2-1-3-8-16)21-12-6-13-27-19-10-5-4-9-17(19)22-25-27/h4-5,9-10,15-16H,1-3,6-8,11-14H2,(H,21,28). The van der Waals surface area contributed by atoms with Gasteiger partial charge in [-0.2, -0.15) is 0 Å². The zero-order chi connectivity index (χ0) is 19.2. The van der Waals surface area contributed by atoms with E-state index in [0.29, 0.717) is 18.8 Å². The average molecular weight is 381 g/mol. The van der Waals surface area contributed by atoms with Gasteiger partial charge in [0.25, 0.3) is 5.91 Å². The molecule has 148 valence electrons. The molecule has 1 amide bonds. The van der Waals surface area contributed by atoms with E-state index >= 15 is 0 Å². The van der Waals surface area contributed by atoms with Crippen molar-refractivity contribution in [1.29, 1.82) is 0 Å². The maximum absolute atomic E-state index is 12.3. The minimum absolute atomic E-state index is 0.174. The maximum atomic E-state index is 12.3. The minimum Gasteiger partial charge on any atom is -0.351 e. The monoisotopic (exact) mass is 381 g/mol. The van der Waals surface area contributed by atoms with Gasteiger partial charge in [-0.15, -0.1) is 10.2 Å². The Morgan fingerprint density at radius 2 is 1.93 bits per heavy atom. The predicted octanol–water partition coefficient (Wildman–Crippen LogP) is 2.81. The summed E-state index contributed by atoms with van der Waals surface area (Å²) in [5.41, 5.74) is 2.28. The van der Waals surface area contributed by atoms with Gasteiger partial charge in [-0.3, -0.25) is 9.48 Å². The second-order valence-electron chi connectivity index (χ2n) is 7.57. The van der Waals surface area contributed by atoms with Gasteiger partial charge >= 0.3 is 0 Å². The lowest BCUT2D eigenvalue weighted by atomic mass is 9.87. The highest BCUT2D eigenvalue weighted by molar-refractivity contribution is 5.91. The van der Waals surface area contributed by atoms with Crippen molar-refractivity contribution in [2.24, 2.45) is 5.92 Å². The molecule has 1 fully saturated rings. The molecule has 0 bridgehead atoms. The molecule has 1 aromatic carbocycles. The van der Waals surface area contributed by atoms with E-state index in [-0.39, 0.29) is 5.91 Å². The van der Waals surface area contributed by atoms with Crippen LogP contribution in [0, 0.1) is 5.92 Å². The Morgan fingerprint density at radius 3 is 2.82 bits per heavy atom. The van der Waals surface area contributed by atoms with E-state index in [0.717, 1.165) is 36.3 Å². The number of nitrogens with zero attached hydrogens (tertiary/aromatic N) is 6. The smallest absolute Gasteiger partial charge is 0.273 e. The number of fused-ring (bicyclic) bond motifs is 1. The van der Waals surface area contributed by atoms with E-state index in [1.54, 1.807) is 10.9 Å². The predicted molar refractivity (Wildman–Crippen MR) is 106 cm³/mol.